The molecule has 0 fully saturated rings. The molecule has 0 radical (unpaired) electrons. The molecule has 2 N–H and O–H groups in total. The number of allylic oxidation sites excluding steroid dienone is 3. The van der Waals surface area contributed by atoms with Gasteiger partial charge in [0.05, 0.1) is 0 Å². The Hall–Kier alpha value is -2.90. The first-order valence-electron chi connectivity index (χ1n) is 12.1. The normalized spacial score (nSPS) is 19.2. The van der Waals surface area contributed by atoms with Crippen molar-refractivity contribution in [2.24, 2.45) is 15.9 Å². The largest absolute Gasteiger partial charge is 0.443 e. The predicted molar refractivity (Wildman–Crippen MR) is 142 cm³/mol. The molecular formula is C27H35ClN4O3. The Balaban J connectivity index is 1.93. The Labute approximate surface area is 212 Å². The quantitative estimate of drug-likeness (QED) is 0.393. The molecular weight excluding hydrogens is 464 g/mol. The fourth-order valence-corrected chi connectivity index (χ4v) is 4.08. The third kappa shape index (κ3) is 8.08. The Kier molecular flexibility index (Phi) is 10.1. The third-order valence-electron chi connectivity index (χ3n) is 5.74. The van der Waals surface area contributed by atoms with Crippen LogP contribution in [0.1, 0.15) is 38.2 Å². The minimum atomic E-state index is -0.634. The highest BCUT2D eigenvalue weighted by Crippen LogP contribution is 2.25. The van der Waals surface area contributed by atoms with E-state index in [1.807, 2.05) is 57.4 Å². The van der Waals surface area contributed by atoms with Gasteiger partial charge in [-0.05, 0) is 62.5 Å². The molecule has 0 saturated carbocycles. The minimum Gasteiger partial charge on any atom is -0.443 e. The number of carbonyl (C=O) groups excluding carboxylic acids is 1. The number of amides is 1. The first-order chi connectivity index (χ1) is 16.9. The zero-order chi connectivity index (χ0) is 25.2. The van der Waals surface area contributed by atoms with Gasteiger partial charge >= 0.3 is 0 Å². The van der Waals surface area contributed by atoms with Crippen molar-refractivity contribution < 1.29 is 14.6 Å². The second-order valence-electron chi connectivity index (χ2n) is 8.77. The molecule has 1 aliphatic carbocycles. The summed E-state index contributed by atoms with van der Waals surface area (Å²) in [5.41, 5.74) is 3.29. The van der Waals surface area contributed by atoms with E-state index < -0.39 is 5.92 Å². The molecule has 0 spiro atoms. The van der Waals surface area contributed by atoms with Gasteiger partial charge in [-0.2, -0.15) is 0 Å². The number of aliphatic imine (C=N–C) groups is 2. The average molecular weight is 499 g/mol. The summed E-state index contributed by atoms with van der Waals surface area (Å²) >= 11 is 6.07. The minimum absolute atomic E-state index is 0.0201. The van der Waals surface area contributed by atoms with Gasteiger partial charge in [-0.15, -0.1) is 0 Å². The second-order valence-corrected chi connectivity index (χ2v) is 9.20. The molecule has 3 rings (SSSR count). The fourth-order valence-electron chi connectivity index (χ4n) is 3.95. The summed E-state index contributed by atoms with van der Waals surface area (Å²) in [6, 6.07) is 7.70. The number of aliphatic hydroxyl groups is 1. The van der Waals surface area contributed by atoms with Crippen molar-refractivity contribution in [1.29, 1.82) is 0 Å². The summed E-state index contributed by atoms with van der Waals surface area (Å²) in [5.74, 6) is 0.890. The first kappa shape index (κ1) is 26.7. The summed E-state index contributed by atoms with van der Waals surface area (Å²) in [7, 11) is 4.05. The SMILES string of the molecule is CCN=C1N=C(OC2=CCCC(N(C)C)=C2)CC(Cc2ccc(Cl)cc2)=CC1C(=O)NCCCO. The number of carbonyl (C=O) groups is 1. The smallest absolute Gasteiger partial charge is 0.234 e. The summed E-state index contributed by atoms with van der Waals surface area (Å²) in [4.78, 5) is 24.5. The van der Waals surface area contributed by atoms with Crippen molar-refractivity contribution in [3.05, 3.63) is 70.1 Å². The topological polar surface area (TPSA) is 86.5 Å². The van der Waals surface area contributed by atoms with Crippen LogP contribution >= 0.6 is 11.6 Å². The van der Waals surface area contributed by atoms with Crippen molar-refractivity contribution >= 4 is 29.2 Å². The second kappa shape index (κ2) is 13.3. The van der Waals surface area contributed by atoms with E-state index in [1.165, 1.54) is 5.70 Å². The molecule has 1 unspecified atom stereocenters. The zero-order valence-corrected chi connectivity index (χ0v) is 21.5. The molecule has 1 heterocycles. The number of ether oxygens (including phenoxy) is 1. The van der Waals surface area contributed by atoms with Gasteiger partial charge in [-0.1, -0.05) is 35.4 Å². The number of amidine groups is 1. The van der Waals surface area contributed by atoms with Crippen molar-refractivity contribution in [2.75, 3.05) is 33.8 Å². The number of nitrogens with zero attached hydrogens (tertiary/aromatic N) is 3. The van der Waals surface area contributed by atoms with Crippen LogP contribution in [0.25, 0.3) is 0 Å². The van der Waals surface area contributed by atoms with Crippen LogP contribution in [0.2, 0.25) is 5.02 Å². The molecule has 0 saturated heterocycles. The number of hydrogen-bond donors (Lipinski definition) is 2. The lowest BCUT2D eigenvalue weighted by molar-refractivity contribution is -0.121. The molecule has 0 aromatic heterocycles. The van der Waals surface area contributed by atoms with E-state index in [1.54, 1.807) is 0 Å². The van der Waals surface area contributed by atoms with Crippen molar-refractivity contribution in [3.8, 4) is 0 Å². The van der Waals surface area contributed by atoms with E-state index in [-0.39, 0.29) is 12.5 Å². The number of hydrogen-bond acceptors (Lipinski definition) is 5. The van der Waals surface area contributed by atoms with Gasteiger partial charge in [0, 0.05) is 50.9 Å². The molecule has 0 bridgehead atoms. The molecule has 2 aliphatic rings. The molecule has 188 valence electrons. The lowest BCUT2D eigenvalue weighted by atomic mass is 9.97. The highest BCUT2D eigenvalue weighted by molar-refractivity contribution is 6.30. The van der Waals surface area contributed by atoms with E-state index in [2.05, 4.69) is 21.3 Å². The number of aliphatic hydroxyl groups excluding tert-OH is 1. The molecule has 7 nitrogen and oxygen atoms in total. The molecule has 8 heteroatoms. The standard InChI is InChI=1S/C27H35ClN4O3/c1-4-29-26-24(27(34)30-13-6-14-33)16-20(15-19-9-11-21(28)12-10-19)17-25(31-26)35-23-8-5-7-22(18-23)32(2)3/h8-12,16,18,24,33H,4-7,13-15,17H2,1-3H3,(H,30,34). The van der Waals surface area contributed by atoms with Crippen LogP contribution in [-0.4, -0.2) is 61.4 Å². The van der Waals surface area contributed by atoms with Gasteiger partial charge in [0.1, 0.15) is 17.5 Å². The monoisotopic (exact) mass is 498 g/mol. The Morgan fingerprint density at radius 3 is 2.77 bits per heavy atom. The van der Waals surface area contributed by atoms with E-state index in [0.717, 1.165) is 29.7 Å². The van der Waals surface area contributed by atoms with E-state index in [9.17, 15) is 4.79 Å². The molecule has 1 amide bonds. The van der Waals surface area contributed by atoms with Crippen LogP contribution in [0.4, 0.5) is 0 Å². The summed E-state index contributed by atoms with van der Waals surface area (Å²) in [5, 5.41) is 12.7. The van der Waals surface area contributed by atoms with Gasteiger partial charge in [-0.3, -0.25) is 9.79 Å². The first-order valence-corrected chi connectivity index (χ1v) is 12.5. The van der Waals surface area contributed by atoms with Crippen LogP contribution in [0.3, 0.4) is 0 Å². The average Bonchev–Trinajstić information content (AvgIpc) is 3.00. The van der Waals surface area contributed by atoms with Gasteiger partial charge in [0.15, 0.2) is 0 Å². The summed E-state index contributed by atoms with van der Waals surface area (Å²) in [6.45, 7) is 2.83. The number of benzene rings is 1. The van der Waals surface area contributed by atoms with E-state index in [4.69, 9.17) is 26.4 Å². The van der Waals surface area contributed by atoms with Crippen molar-refractivity contribution in [3.63, 3.8) is 0 Å². The molecule has 35 heavy (non-hydrogen) atoms. The summed E-state index contributed by atoms with van der Waals surface area (Å²) in [6.07, 6.45) is 9.51. The Morgan fingerprint density at radius 2 is 2.09 bits per heavy atom. The van der Waals surface area contributed by atoms with Crippen molar-refractivity contribution in [1.82, 2.24) is 10.2 Å². The highest BCUT2D eigenvalue weighted by Gasteiger charge is 2.27. The van der Waals surface area contributed by atoms with Gasteiger partial charge in [0.2, 0.25) is 11.8 Å². The van der Waals surface area contributed by atoms with Crippen LogP contribution in [0, 0.1) is 5.92 Å². The molecule has 1 aliphatic heterocycles. The number of halogens is 1. The van der Waals surface area contributed by atoms with Gasteiger partial charge in [0.25, 0.3) is 0 Å². The molecule has 1 aromatic carbocycles. The number of rotatable bonds is 9. The summed E-state index contributed by atoms with van der Waals surface area (Å²) < 4.78 is 6.28. The highest BCUT2D eigenvalue weighted by atomic mass is 35.5. The van der Waals surface area contributed by atoms with Gasteiger partial charge in [-0.25, -0.2) is 4.99 Å². The molecule has 1 aromatic rings. The van der Waals surface area contributed by atoms with Gasteiger partial charge < -0.3 is 20.1 Å². The van der Waals surface area contributed by atoms with E-state index in [0.29, 0.717) is 49.1 Å². The van der Waals surface area contributed by atoms with Crippen LogP contribution < -0.4 is 5.32 Å². The fraction of sp³-hybridized carbons (Fsp3) is 0.444. The Morgan fingerprint density at radius 1 is 1.31 bits per heavy atom. The molecule has 1 atom stereocenters. The van der Waals surface area contributed by atoms with Crippen molar-refractivity contribution in [2.45, 2.75) is 39.0 Å². The lowest BCUT2D eigenvalue weighted by Crippen LogP contribution is -2.35. The third-order valence-corrected chi connectivity index (χ3v) is 6.00. The maximum absolute atomic E-state index is 13.1. The maximum atomic E-state index is 13.1. The predicted octanol–water partition coefficient (Wildman–Crippen LogP) is 4.28. The zero-order valence-electron chi connectivity index (χ0n) is 20.8. The maximum Gasteiger partial charge on any atom is 0.234 e. The van der Waals surface area contributed by atoms with Crippen LogP contribution in [0.5, 0.6) is 0 Å². The van der Waals surface area contributed by atoms with E-state index >= 15 is 0 Å². The van der Waals surface area contributed by atoms with Crippen LogP contribution in [-0.2, 0) is 16.0 Å². The lowest BCUT2D eigenvalue weighted by Gasteiger charge is -2.21. The van der Waals surface area contributed by atoms with Crippen LogP contribution in [0.15, 0.2) is 69.5 Å². The number of nitrogens with one attached hydrogen (secondary N) is 1. The Bertz CT molecular complexity index is 1040.